The van der Waals surface area contributed by atoms with E-state index in [1.165, 1.54) is 5.56 Å². The zero-order chi connectivity index (χ0) is 12.4. The molecule has 0 aromatic carbocycles. The Hall–Kier alpha value is -1.36. The van der Waals surface area contributed by atoms with E-state index < -0.39 is 5.97 Å². The van der Waals surface area contributed by atoms with Crippen molar-refractivity contribution in [2.75, 3.05) is 13.1 Å². The van der Waals surface area contributed by atoms with Crippen molar-refractivity contribution in [3.63, 3.8) is 0 Å². The van der Waals surface area contributed by atoms with E-state index in [4.69, 9.17) is 5.11 Å². The first kappa shape index (κ1) is 12.1. The summed E-state index contributed by atoms with van der Waals surface area (Å²) in [7, 11) is 1.92. The number of carbonyl (C=O) groups is 1. The molecule has 17 heavy (non-hydrogen) atoms. The van der Waals surface area contributed by atoms with Crippen molar-refractivity contribution in [2.24, 2.45) is 13.0 Å². The van der Waals surface area contributed by atoms with Gasteiger partial charge in [-0.1, -0.05) is 0 Å². The minimum absolute atomic E-state index is 0.294. The van der Waals surface area contributed by atoms with Crippen LogP contribution >= 0.6 is 0 Å². The molecule has 1 aliphatic rings. The van der Waals surface area contributed by atoms with E-state index in [-0.39, 0.29) is 0 Å². The van der Waals surface area contributed by atoms with Gasteiger partial charge >= 0.3 is 5.97 Å². The fourth-order valence-corrected chi connectivity index (χ4v) is 2.51. The van der Waals surface area contributed by atoms with Crippen LogP contribution in [0.2, 0.25) is 0 Å². The quantitative estimate of drug-likeness (QED) is 0.849. The summed E-state index contributed by atoms with van der Waals surface area (Å²) in [5.74, 6) is -0.376. The molecule has 1 aliphatic heterocycles. The van der Waals surface area contributed by atoms with E-state index >= 15 is 0 Å². The monoisotopic (exact) mass is 237 g/mol. The number of aromatic nitrogens is 2. The van der Waals surface area contributed by atoms with Crippen molar-refractivity contribution in [3.05, 3.63) is 17.5 Å². The van der Waals surface area contributed by atoms with Crippen LogP contribution in [0.1, 0.15) is 24.1 Å². The molecule has 0 spiro atoms. The van der Waals surface area contributed by atoms with Crippen LogP contribution in [-0.2, 0) is 18.4 Å². The lowest BCUT2D eigenvalue weighted by atomic mass is 10.1. The topological polar surface area (TPSA) is 58.4 Å². The van der Waals surface area contributed by atoms with E-state index in [9.17, 15) is 4.79 Å². The van der Waals surface area contributed by atoms with Crippen molar-refractivity contribution in [1.29, 1.82) is 0 Å². The second-order valence-corrected chi connectivity index (χ2v) is 4.90. The predicted octanol–water partition coefficient (Wildman–Crippen LogP) is 1.03. The average molecular weight is 237 g/mol. The highest BCUT2D eigenvalue weighted by Gasteiger charge is 2.24. The van der Waals surface area contributed by atoms with Gasteiger partial charge in [0, 0.05) is 38.3 Å². The number of hydrogen-bond donors (Lipinski definition) is 1. The second-order valence-electron chi connectivity index (χ2n) is 4.90. The number of hydrogen-bond acceptors (Lipinski definition) is 3. The molecule has 1 N–H and O–H groups in total. The summed E-state index contributed by atoms with van der Waals surface area (Å²) in [6.45, 7) is 4.78. The van der Waals surface area contributed by atoms with Gasteiger partial charge < -0.3 is 5.11 Å². The Morgan fingerprint density at radius 1 is 1.65 bits per heavy atom. The third-order valence-corrected chi connectivity index (χ3v) is 3.34. The molecule has 5 heteroatoms. The maximum Gasteiger partial charge on any atom is 0.303 e. The second kappa shape index (κ2) is 4.87. The van der Waals surface area contributed by atoms with E-state index in [0.29, 0.717) is 12.3 Å². The van der Waals surface area contributed by atoms with Crippen LogP contribution in [0.3, 0.4) is 0 Å². The van der Waals surface area contributed by atoms with Crippen molar-refractivity contribution in [1.82, 2.24) is 14.7 Å². The van der Waals surface area contributed by atoms with Gasteiger partial charge in [-0.05, 0) is 25.8 Å². The highest BCUT2D eigenvalue weighted by molar-refractivity contribution is 5.67. The first-order valence-electron chi connectivity index (χ1n) is 5.98. The summed E-state index contributed by atoms with van der Waals surface area (Å²) < 4.78 is 1.83. The van der Waals surface area contributed by atoms with Gasteiger partial charge in [-0.3, -0.25) is 14.4 Å². The molecule has 1 saturated heterocycles. The molecule has 0 amide bonds. The van der Waals surface area contributed by atoms with Gasteiger partial charge in [0.05, 0.1) is 5.69 Å². The smallest absolute Gasteiger partial charge is 0.303 e. The zero-order valence-electron chi connectivity index (χ0n) is 10.4. The lowest BCUT2D eigenvalue weighted by Gasteiger charge is -2.14. The van der Waals surface area contributed by atoms with Crippen LogP contribution in [0.25, 0.3) is 0 Å². The normalized spacial score (nSPS) is 20.9. The van der Waals surface area contributed by atoms with Gasteiger partial charge in [0.25, 0.3) is 0 Å². The Morgan fingerprint density at radius 3 is 3.00 bits per heavy atom. The highest BCUT2D eigenvalue weighted by Crippen LogP contribution is 2.22. The van der Waals surface area contributed by atoms with Gasteiger partial charge in [-0.2, -0.15) is 5.10 Å². The standard InChI is InChI=1S/C12H19N3O2/c1-9-11(7-14(2)13-9)8-15-4-3-10(6-15)5-12(16)17/h7,10H,3-6,8H2,1-2H3,(H,16,17). The fourth-order valence-electron chi connectivity index (χ4n) is 2.51. The van der Waals surface area contributed by atoms with Crippen LogP contribution in [0.4, 0.5) is 0 Å². The summed E-state index contributed by atoms with van der Waals surface area (Å²) in [5, 5.41) is 13.1. The largest absolute Gasteiger partial charge is 0.481 e. The van der Waals surface area contributed by atoms with Crippen LogP contribution in [0, 0.1) is 12.8 Å². The van der Waals surface area contributed by atoms with Gasteiger partial charge in [0.15, 0.2) is 0 Å². The predicted molar refractivity (Wildman–Crippen MR) is 63.6 cm³/mol. The summed E-state index contributed by atoms with van der Waals surface area (Å²) in [5.41, 5.74) is 2.30. The highest BCUT2D eigenvalue weighted by atomic mass is 16.4. The molecule has 2 heterocycles. The van der Waals surface area contributed by atoms with E-state index in [0.717, 1.165) is 31.7 Å². The minimum atomic E-state index is -0.686. The van der Waals surface area contributed by atoms with Gasteiger partial charge in [-0.15, -0.1) is 0 Å². The van der Waals surface area contributed by atoms with Gasteiger partial charge in [0.2, 0.25) is 0 Å². The van der Waals surface area contributed by atoms with Crippen molar-refractivity contribution >= 4 is 5.97 Å². The molecule has 0 aliphatic carbocycles. The molecule has 0 bridgehead atoms. The van der Waals surface area contributed by atoms with Crippen molar-refractivity contribution < 1.29 is 9.90 Å². The van der Waals surface area contributed by atoms with E-state index in [1.807, 2.05) is 24.9 Å². The molecular formula is C12H19N3O2. The molecule has 5 nitrogen and oxygen atoms in total. The summed E-state index contributed by atoms with van der Waals surface area (Å²) in [4.78, 5) is 13.0. The Bertz CT molecular complexity index is 414. The first-order chi connectivity index (χ1) is 8.04. The Balaban J connectivity index is 1.89. The lowest BCUT2D eigenvalue weighted by molar-refractivity contribution is -0.138. The molecule has 1 fully saturated rings. The number of aryl methyl sites for hydroxylation is 2. The number of carboxylic acids is 1. The maximum absolute atomic E-state index is 10.6. The Labute approximate surface area is 101 Å². The molecule has 0 saturated carbocycles. The zero-order valence-corrected chi connectivity index (χ0v) is 10.4. The van der Waals surface area contributed by atoms with Crippen LogP contribution < -0.4 is 0 Å². The van der Waals surface area contributed by atoms with Gasteiger partial charge in [-0.25, -0.2) is 0 Å². The van der Waals surface area contributed by atoms with E-state index in [2.05, 4.69) is 10.00 Å². The Kier molecular flexibility index (Phi) is 3.47. The molecule has 1 unspecified atom stereocenters. The van der Waals surface area contributed by atoms with Crippen molar-refractivity contribution in [3.8, 4) is 0 Å². The number of aliphatic carboxylic acids is 1. The summed E-state index contributed by atoms with van der Waals surface area (Å²) in [6, 6.07) is 0. The van der Waals surface area contributed by atoms with Crippen molar-refractivity contribution in [2.45, 2.75) is 26.3 Å². The molecule has 94 valence electrons. The van der Waals surface area contributed by atoms with E-state index in [1.54, 1.807) is 0 Å². The van der Waals surface area contributed by atoms with Crippen LogP contribution in [-0.4, -0.2) is 38.8 Å². The molecule has 1 aromatic heterocycles. The number of nitrogens with zero attached hydrogens (tertiary/aromatic N) is 3. The number of rotatable bonds is 4. The van der Waals surface area contributed by atoms with Crippen LogP contribution in [0.5, 0.6) is 0 Å². The number of likely N-dealkylation sites (tertiary alicyclic amines) is 1. The third kappa shape index (κ3) is 3.06. The average Bonchev–Trinajstić information content (AvgIpc) is 2.74. The first-order valence-corrected chi connectivity index (χ1v) is 5.98. The number of carboxylic acid groups (broad SMARTS) is 1. The fraction of sp³-hybridized carbons (Fsp3) is 0.667. The van der Waals surface area contributed by atoms with Gasteiger partial charge in [0.1, 0.15) is 0 Å². The molecule has 1 aromatic rings. The molecule has 0 radical (unpaired) electrons. The minimum Gasteiger partial charge on any atom is -0.481 e. The Morgan fingerprint density at radius 2 is 2.41 bits per heavy atom. The maximum atomic E-state index is 10.6. The SMILES string of the molecule is Cc1nn(C)cc1CN1CCC(CC(=O)O)C1. The molecular weight excluding hydrogens is 218 g/mol. The van der Waals surface area contributed by atoms with Crippen LogP contribution in [0.15, 0.2) is 6.20 Å². The summed E-state index contributed by atoms with van der Waals surface area (Å²) in [6.07, 6.45) is 3.33. The lowest BCUT2D eigenvalue weighted by Crippen LogP contribution is -2.21. The third-order valence-electron chi connectivity index (χ3n) is 3.34. The molecule has 1 atom stereocenters. The summed E-state index contributed by atoms with van der Waals surface area (Å²) >= 11 is 0. The molecule has 2 rings (SSSR count).